The summed E-state index contributed by atoms with van der Waals surface area (Å²) >= 11 is 0. The molecule has 6 N–H and O–H groups in total. The normalized spacial score (nSPS) is 24.4. The number of hydrogen-bond acceptors (Lipinski definition) is 7. The fourth-order valence-electron chi connectivity index (χ4n) is 4.28. The monoisotopic (exact) mass is 495 g/mol. The van der Waals surface area contributed by atoms with Crippen LogP contribution in [0.5, 0.6) is 0 Å². The van der Waals surface area contributed by atoms with Gasteiger partial charge in [0.2, 0.25) is 6.29 Å². The van der Waals surface area contributed by atoms with Crippen LogP contribution >= 0.6 is 0 Å². The van der Waals surface area contributed by atoms with Crippen LogP contribution in [0.15, 0.2) is 54.6 Å². The molecule has 3 aromatic rings. The smallest absolute Gasteiger partial charge is 0.267 e. The lowest BCUT2D eigenvalue weighted by atomic mass is 10.0. The van der Waals surface area contributed by atoms with Crippen LogP contribution in [-0.2, 0) is 27.3 Å². The van der Waals surface area contributed by atoms with Crippen LogP contribution in [0, 0.1) is 6.92 Å². The average Bonchev–Trinajstić information content (AvgIpc) is 3.20. The van der Waals surface area contributed by atoms with Gasteiger partial charge in [0, 0.05) is 29.2 Å². The molecule has 1 amide bonds. The van der Waals surface area contributed by atoms with Gasteiger partial charge in [-0.25, -0.2) is 10.3 Å². The number of rotatable bonds is 9. The molecule has 1 saturated heterocycles. The molecule has 2 heterocycles. The lowest BCUT2D eigenvalue weighted by Gasteiger charge is -2.38. The van der Waals surface area contributed by atoms with Gasteiger partial charge in [-0.1, -0.05) is 42.5 Å². The number of amides is 1. The zero-order valence-electron chi connectivity index (χ0n) is 20.3. The molecule has 0 radical (unpaired) electrons. The Kier molecular flexibility index (Phi) is 8.52. The van der Waals surface area contributed by atoms with E-state index in [1.165, 1.54) is 35.2 Å². The number of para-hydroxylation sites is 1. The van der Waals surface area contributed by atoms with Crippen molar-refractivity contribution in [3.05, 3.63) is 77.0 Å². The van der Waals surface area contributed by atoms with E-state index < -0.39 is 36.6 Å². The van der Waals surface area contributed by atoms with Gasteiger partial charge in [0.1, 0.15) is 18.3 Å². The van der Waals surface area contributed by atoms with Gasteiger partial charge in [0.15, 0.2) is 0 Å². The number of aliphatic hydroxyl groups is 3. The van der Waals surface area contributed by atoms with Gasteiger partial charge < -0.3 is 30.4 Å². The van der Waals surface area contributed by atoms with Crippen LogP contribution in [0.25, 0.3) is 17.0 Å². The van der Waals surface area contributed by atoms with E-state index in [4.69, 9.17) is 9.57 Å². The SMILES string of the molecule is Cc1[nH]c2ccccc2c1CCNCc1ccc(/C=C/C(=O)NO[C@@H]2O[C@@H](C)[C@H](O)[C@@H](O)[C@@H]2O)cc1. The maximum Gasteiger partial charge on any atom is 0.267 e. The van der Waals surface area contributed by atoms with E-state index in [0.717, 1.165) is 30.6 Å². The fraction of sp³-hybridized carbons (Fsp3) is 0.370. The Labute approximate surface area is 209 Å². The molecule has 0 bridgehead atoms. The molecule has 1 aliphatic rings. The number of carbonyl (C=O) groups excluding carboxylic acids is 1. The number of aliphatic hydroxyl groups excluding tert-OH is 3. The molecule has 0 spiro atoms. The Hall–Kier alpha value is -3.05. The van der Waals surface area contributed by atoms with E-state index in [-0.39, 0.29) is 0 Å². The molecule has 0 saturated carbocycles. The largest absolute Gasteiger partial charge is 0.388 e. The summed E-state index contributed by atoms with van der Waals surface area (Å²) in [4.78, 5) is 20.6. The lowest BCUT2D eigenvalue weighted by molar-refractivity contribution is -0.305. The average molecular weight is 496 g/mol. The molecule has 1 aliphatic heterocycles. The molecule has 192 valence electrons. The van der Waals surface area contributed by atoms with E-state index in [9.17, 15) is 20.1 Å². The second kappa shape index (κ2) is 11.8. The van der Waals surface area contributed by atoms with Crippen molar-refractivity contribution in [2.45, 2.75) is 57.5 Å². The third-order valence-corrected chi connectivity index (χ3v) is 6.40. The van der Waals surface area contributed by atoms with E-state index >= 15 is 0 Å². The maximum atomic E-state index is 12.1. The van der Waals surface area contributed by atoms with Crippen LogP contribution < -0.4 is 10.8 Å². The van der Waals surface area contributed by atoms with Crippen LogP contribution in [0.4, 0.5) is 0 Å². The van der Waals surface area contributed by atoms with Crippen LogP contribution in [0.3, 0.4) is 0 Å². The number of H-pyrrole nitrogens is 1. The summed E-state index contributed by atoms with van der Waals surface area (Å²) in [7, 11) is 0. The summed E-state index contributed by atoms with van der Waals surface area (Å²) in [5.41, 5.74) is 7.85. The summed E-state index contributed by atoms with van der Waals surface area (Å²) in [6.45, 7) is 5.24. The van der Waals surface area contributed by atoms with Crippen LogP contribution in [0.1, 0.15) is 29.3 Å². The predicted octanol–water partition coefficient (Wildman–Crippen LogP) is 1.70. The van der Waals surface area contributed by atoms with Gasteiger partial charge in [-0.15, -0.1) is 0 Å². The van der Waals surface area contributed by atoms with Gasteiger partial charge in [-0.2, -0.15) is 0 Å². The Balaban J connectivity index is 1.20. The quantitative estimate of drug-likeness (QED) is 0.151. The Morgan fingerprint density at radius 3 is 2.61 bits per heavy atom. The van der Waals surface area contributed by atoms with Crippen molar-refractivity contribution in [1.29, 1.82) is 0 Å². The zero-order valence-corrected chi connectivity index (χ0v) is 20.3. The second-order valence-electron chi connectivity index (χ2n) is 9.04. The highest BCUT2D eigenvalue weighted by Crippen LogP contribution is 2.22. The maximum absolute atomic E-state index is 12.1. The fourth-order valence-corrected chi connectivity index (χ4v) is 4.28. The molecular formula is C27H33N3O6. The standard InChI is InChI=1S/C27H33N3O6/c1-16-20(21-5-3-4-6-22(21)29-16)13-14-28-15-19-9-7-18(8-10-19)11-12-23(31)30-36-27-26(34)25(33)24(32)17(2)35-27/h3-12,17,24-29,32-34H,13-15H2,1-2H3,(H,30,31)/b12-11+/t17-,24-,25+,26-,27-/m0/s1. The Morgan fingerprint density at radius 1 is 1.08 bits per heavy atom. The van der Waals surface area contributed by atoms with E-state index in [1.54, 1.807) is 6.08 Å². The van der Waals surface area contributed by atoms with Crippen LogP contribution in [-0.4, -0.2) is 63.5 Å². The first-order valence-corrected chi connectivity index (χ1v) is 12.0. The number of fused-ring (bicyclic) bond motifs is 1. The molecule has 9 heteroatoms. The number of benzene rings is 2. The van der Waals surface area contributed by atoms with Gasteiger partial charge in [0.25, 0.3) is 5.91 Å². The van der Waals surface area contributed by atoms with Crippen molar-refractivity contribution in [1.82, 2.24) is 15.8 Å². The molecule has 1 aromatic heterocycles. The minimum atomic E-state index is -1.49. The number of hydrogen-bond donors (Lipinski definition) is 6. The van der Waals surface area contributed by atoms with E-state index in [0.29, 0.717) is 0 Å². The lowest BCUT2D eigenvalue weighted by Crippen LogP contribution is -2.58. The highest BCUT2D eigenvalue weighted by molar-refractivity contribution is 5.91. The predicted molar refractivity (Wildman–Crippen MR) is 136 cm³/mol. The molecular weight excluding hydrogens is 462 g/mol. The Bertz CT molecular complexity index is 1190. The van der Waals surface area contributed by atoms with Crippen LogP contribution in [0.2, 0.25) is 0 Å². The van der Waals surface area contributed by atoms with Crippen molar-refractivity contribution >= 4 is 22.9 Å². The van der Waals surface area contributed by atoms with Crippen molar-refractivity contribution in [2.24, 2.45) is 0 Å². The van der Waals surface area contributed by atoms with Gasteiger partial charge in [0.05, 0.1) is 6.10 Å². The molecule has 0 unspecified atom stereocenters. The number of carbonyl (C=O) groups is 1. The Morgan fingerprint density at radius 2 is 1.83 bits per heavy atom. The molecule has 5 atom stereocenters. The molecule has 9 nitrogen and oxygen atoms in total. The van der Waals surface area contributed by atoms with Crippen molar-refractivity contribution in [2.75, 3.05) is 6.54 Å². The summed E-state index contributed by atoms with van der Waals surface area (Å²) < 4.78 is 5.26. The van der Waals surface area contributed by atoms with Gasteiger partial charge in [-0.3, -0.25) is 4.79 Å². The summed E-state index contributed by atoms with van der Waals surface area (Å²) in [6.07, 6.45) is -2.35. The molecule has 36 heavy (non-hydrogen) atoms. The van der Waals surface area contributed by atoms with E-state index in [2.05, 4.69) is 40.9 Å². The highest BCUT2D eigenvalue weighted by atomic mass is 16.8. The number of aromatic nitrogens is 1. The molecule has 4 rings (SSSR count). The molecule has 1 fully saturated rings. The van der Waals surface area contributed by atoms with Crippen molar-refractivity contribution in [3.63, 3.8) is 0 Å². The number of hydroxylamine groups is 1. The summed E-state index contributed by atoms with van der Waals surface area (Å²) in [6, 6.07) is 16.2. The minimum absolute atomic E-state index is 0.558. The van der Waals surface area contributed by atoms with Crippen molar-refractivity contribution < 1.29 is 29.7 Å². The number of ether oxygens (including phenoxy) is 1. The topological polar surface area (TPSA) is 136 Å². The summed E-state index contributed by atoms with van der Waals surface area (Å²) in [5.74, 6) is -0.558. The first-order chi connectivity index (χ1) is 17.3. The molecule has 2 aromatic carbocycles. The van der Waals surface area contributed by atoms with Gasteiger partial charge >= 0.3 is 0 Å². The number of nitrogens with one attached hydrogen (secondary N) is 3. The highest BCUT2D eigenvalue weighted by Gasteiger charge is 2.42. The summed E-state index contributed by atoms with van der Waals surface area (Å²) in [5, 5.41) is 34.2. The van der Waals surface area contributed by atoms with Crippen molar-refractivity contribution in [3.8, 4) is 0 Å². The second-order valence-corrected chi connectivity index (χ2v) is 9.04. The number of aryl methyl sites for hydroxylation is 1. The first-order valence-electron chi connectivity index (χ1n) is 12.0. The first kappa shape index (κ1) is 26.0. The third kappa shape index (κ3) is 6.19. The van der Waals surface area contributed by atoms with Gasteiger partial charge in [-0.05, 0) is 55.6 Å². The minimum Gasteiger partial charge on any atom is -0.388 e. The molecule has 0 aliphatic carbocycles. The number of aromatic amines is 1. The van der Waals surface area contributed by atoms with E-state index in [1.807, 2.05) is 30.3 Å². The zero-order chi connectivity index (χ0) is 25.7. The third-order valence-electron chi connectivity index (χ3n) is 6.40.